The van der Waals surface area contributed by atoms with Gasteiger partial charge in [-0.3, -0.25) is 0 Å². The van der Waals surface area contributed by atoms with Gasteiger partial charge in [0.25, 0.3) is 0 Å². The van der Waals surface area contributed by atoms with E-state index in [0.29, 0.717) is 0 Å². The van der Waals surface area contributed by atoms with Crippen molar-refractivity contribution in [3.05, 3.63) is 0 Å². The van der Waals surface area contributed by atoms with Gasteiger partial charge in [-0.25, -0.2) is 0 Å². The highest BCUT2D eigenvalue weighted by Gasteiger charge is 2.41. The lowest BCUT2D eigenvalue weighted by molar-refractivity contribution is -0.189. The van der Waals surface area contributed by atoms with Gasteiger partial charge in [-0.1, -0.05) is 13.8 Å². The number of ether oxygens (including phenoxy) is 1. The largest absolute Gasteiger partial charge is 0.394 e. The van der Waals surface area contributed by atoms with Crippen LogP contribution in [-0.4, -0.2) is 46.8 Å². The van der Waals surface area contributed by atoms with Gasteiger partial charge < -0.3 is 20.1 Å². The number of aliphatic hydroxyl groups excluding tert-OH is 3. The summed E-state index contributed by atoms with van der Waals surface area (Å²) >= 11 is 0. The Bertz CT molecular complexity index is 172. The number of rotatable bonds is 3. The first-order chi connectivity index (χ1) is 6.65. The Morgan fingerprint density at radius 2 is 1.71 bits per heavy atom. The molecule has 4 heteroatoms. The molecule has 0 spiro atoms. The summed E-state index contributed by atoms with van der Waals surface area (Å²) in [7, 11) is 0. The van der Waals surface area contributed by atoms with Crippen LogP contribution in [0.3, 0.4) is 0 Å². The van der Waals surface area contributed by atoms with Crippen LogP contribution in [0.5, 0.6) is 0 Å². The van der Waals surface area contributed by atoms with Crippen molar-refractivity contribution in [3.63, 3.8) is 0 Å². The van der Waals surface area contributed by atoms with E-state index in [1.807, 2.05) is 13.8 Å². The fourth-order valence-corrected chi connectivity index (χ4v) is 2.17. The standard InChI is InChI=1S/C10H20O4/c1-3-7-9(5-12)14-8(4-11)6(2)10(7)13/h6-13H,3-5H2,1-2H3/t6?,7-,8+,9?,10+/m1/s1. The number of hydrogen-bond acceptors (Lipinski definition) is 4. The molecule has 0 bridgehead atoms. The molecule has 1 aliphatic heterocycles. The molecular formula is C10H20O4. The molecule has 1 saturated heterocycles. The predicted octanol–water partition coefficient (Wildman–Crippen LogP) is -0.238. The molecule has 84 valence electrons. The summed E-state index contributed by atoms with van der Waals surface area (Å²) in [6.45, 7) is 3.62. The average molecular weight is 204 g/mol. The second-order valence-electron chi connectivity index (χ2n) is 4.00. The zero-order valence-corrected chi connectivity index (χ0v) is 8.76. The molecule has 2 unspecified atom stereocenters. The Hall–Kier alpha value is -0.160. The molecule has 0 saturated carbocycles. The highest BCUT2D eigenvalue weighted by Crippen LogP contribution is 2.31. The lowest BCUT2D eigenvalue weighted by Gasteiger charge is -2.42. The van der Waals surface area contributed by atoms with Crippen LogP contribution >= 0.6 is 0 Å². The van der Waals surface area contributed by atoms with E-state index in [1.165, 1.54) is 0 Å². The molecule has 0 radical (unpaired) electrons. The van der Waals surface area contributed by atoms with Crippen molar-refractivity contribution in [2.75, 3.05) is 13.2 Å². The van der Waals surface area contributed by atoms with Crippen LogP contribution in [0, 0.1) is 11.8 Å². The molecular weight excluding hydrogens is 184 g/mol. The molecule has 0 aromatic carbocycles. The molecule has 5 atom stereocenters. The van der Waals surface area contributed by atoms with E-state index in [0.717, 1.165) is 6.42 Å². The van der Waals surface area contributed by atoms with Gasteiger partial charge in [0.1, 0.15) is 0 Å². The summed E-state index contributed by atoms with van der Waals surface area (Å²) in [4.78, 5) is 0. The smallest absolute Gasteiger partial charge is 0.0863 e. The van der Waals surface area contributed by atoms with Crippen LogP contribution in [-0.2, 0) is 4.74 Å². The van der Waals surface area contributed by atoms with Crippen LogP contribution < -0.4 is 0 Å². The molecule has 0 aromatic rings. The second-order valence-corrected chi connectivity index (χ2v) is 4.00. The third-order valence-electron chi connectivity index (χ3n) is 3.22. The predicted molar refractivity (Wildman–Crippen MR) is 51.8 cm³/mol. The van der Waals surface area contributed by atoms with E-state index in [2.05, 4.69) is 0 Å². The van der Waals surface area contributed by atoms with Gasteiger partial charge >= 0.3 is 0 Å². The van der Waals surface area contributed by atoms with E-state index >= 15 is 0 Å². The first-order valence-corrected chi connectivity index (χ1v) is 5.20. The quantitative estimate of drug-likeness (QED) is 0.593. The zero-order chi connectivity index (χ0) is 10.7. The van der Waals surface area contributed by atoms with Crippen molar-refractivity contribution in [2.45, 2.75) is 38.6 Å². The topological polar surface area (TPSA) is 69.9 Å². The Kier molecular flexibility index (Phi) is 4.31. The van der Waals surface area contributed by atoms with Gasteiger partial charge in [-0.05, 0) is 6.42 Å². The number of hydrogen-bond donors (Lipinski definition) is 3. The van der Waals surface area contributed by atoms with E-state index < -0.39 is 6.10 Å². The normalized spacial score (nSPS) is 43.9. The van der Waals surface area contributed by atoms with E-state index in [-0.39, 0.29) is 37.3 Å². The first-order valence-electron chi connectivity index (χ1n) is 5.20. The maximum atomic E-state index is 9.94. The van der Waals surface area contributed by atoms with Crippen molar-refractivity contribution in [3.8, 4) is 0 Å². The highest BCUT2D eigenvalue weighted by molar-refractivity contribution is 4.88. The van der Waals surface area contributed by atoms with Gasteiger partial charge in [-0.15, -0.1) is 0 Å². The molecule has 0 amide bonds. The maximum Gasteiger partial charge on any atom is 0.0863 e. The lowest BCUT2D eigenvalue weighted by Crippen LogP contribution is -2.52. The fourth-order valence-electron chi connectivity index (χ4n) is 2.17. The number of aliphatic hydroxyl groups is 3. The third kappa shape index (κ3) is 2.08. The van der Waals surface area contributed by atoms with Crippen LogP contribution in [0.15, 0.2) is 0 Å². The third-order valence-corrected chi connectivity index (χ3v) is 3.22. The Labute approximate surface area is 84.5 Å². The summed E-state index contributed by atoms with van der Waals surface area (Å²) in [5.41, 5.74) is 0. The average Bonchev–Trinajstić information content (AvgIpc) is 2.21. The van der Waals surface area contributed by atoms with Gasteiger partial charge in [0, 0.05) is 11.8 Å². The van der Waals surface area contributed by atoms with Crippen LogP contribution in [0.4, 0.5) is 0 Å². The Morgan fingerprint density at radius 1 is 1.14 bits per heavy atom. The van der Waals surface area contributed by atoms with E-state index in [1.54, 1.807) is 0 Å². The molecule has 1 aliphatic rings. The molecule has 1 heterocycles. The van der Waals surface area contributed by atoms with Crippen LogP contribution in [0.1, 0.15) is 20.3 Å². The summed E-state index contributed by atoms with van der Waals surface area (Å²) in [6, 6.07) is 0. The zero-order valence-electron chi connectivity index (χ0n) is 8.76. The van der Waals surface area contributed by atoms with Gasteiger partial charge in [0.05, 0.1) is 31.5 Å². The summed E-state index contributed by atoms with van der Waals surface area (Å²) < 4.78 is 5.51. The summed E-state index contributed by atoms with van der Waals surface area (Å²) in [6.07, 6.45) is -0.425. The monoisotopic (exact) mass is 204 g/mol. The molecule has 0 aliphatic carbocycles. The molecule has 3 N–H and O–H groups in total. The fraction of sp³-hybridized carbons (Fsp3) is 1.00. The summed E-state index contributed by atoms with van der Waals surface area (Å²) in [5.74, 6) is -0.106. The maximum absolute atomic E-state index is 9.94. The SMILES string of the molecule is CC[C@@H]1C(CO)O[C@@H](CO)C(C)[C@@H]1O. The highest BCUT2D eigenvalue weighted by atomic mass is 16.5. The molecule has 1 fully saturated rings. The van der Waals surface area contributed by atoms with Crippen LogP contribution in [0.25, 0.3) is 0 Å². The minimum Gasteiger partial charge on any atom is -0.394 e. The van der Waals surface area contributed by atoms with Gasteiger partial charge in [0.15, 0.2) is 0 Å². The van der Waals surface area contributed by atoms with E-state index in [9.17, 15) is 5.11 Å². The molecule has 4 nitrogen and oxygen atoms in total. The van der Waals surface area contributed by atoms with E-state index in [4.69, 9.17) is 14.9 Å². The lowest BCUT2D eigenvalue weighted by atomic mass is 9.80. The minimum atomic E-state index is -0.497. The molecule has 1 rings (SSSR count). The van der Waals surface area contributed by atoms with Gasteiger partial charge in [0.2, 0.25) is 0 Å². The van der Waals surface area contributed by atoms with Crippen molar-refractivity contribution in [1.29, 1.82) is 0 Å². The molecule has 0 aromatic heterocycles. The molecule has 14 heavy (non-hydrogen) atoms. The Balaban J connectivity index is 2.71. The Morgan fingerprint density at radius 3 is 2.14 bits per heavy atom. The van der Waals surface area contributed by atoms with Crippen molar-refractivity contribution < 1.29 is 20.1 Å². The van der Waals surface area contributed by atoms with Crippen molar-refractivity contribution >= 4 is 0 Å². The van der Waals surface area contributed by atoms with Gasteiger partial charge in [-0.2, -0.15) is 0 Å². The minimum absolute atomic E-state index is 0.0298. The van der Waals surface area contributed by atoms with Crippen LogP contribution in [0.2, 0.25) is 0 Å². The summed E-state index contributed by atoms with van der Waals surface area (Å²) in [5, 5.41) is 28.1. The second kappa shape index (κ2) is 5.07. The first kappa shape index (κ1) is 11.9. The van der Waals surface area contributed by atoms with Crippen molar-refractivity contribution in [1.82, 2.24) is 0 Å². The van der Waals surface area contributed by atoms with Crippen molar-refractivity contribution in [2.24, 2.45) is 11.8 Å².